The van der Waals surface area contributed by atoms with E-state index in [9.17, 15) is 9.18 Å². The van der Waals surface area contributed by atoms with E-state index in [0.717, 1.165) is 6.20 Å². The van der Waals surface area contributed by atoms with Crippen LogP contribution in [0.1, 0.15) is 10.6 Å². The Labute approximate surface area is 94.3 Å². The molecule has 0 fully saturated rings. The van der Waals surface area contributed by atoms with Crippen LogP contribution < -0.4 is 0 Å². The molecule has 0 unspecified atom stereocenters. The van der Waals surface area contributed by atoms with E-state index in [-0.39, 0.29) is 22.2 Å². The monoisotopic (exact) mass is 241 g/mol. The minimum atomic E-state index is -1.27. The summed E-state index contributed by atoms with van der Waals surface area (Å²) >= 11 is 5.77. The number of aromatic nitrogens is 1. The highest BCUT2D eigenvalue weighted by Gasteiger charge is 2.17. The second-order valence-electron chi connectivity index (χ2n) is 2.93. The molecule has 4 nitrogen and oxygen atoms in total. The molecule has 0 aliphatic heterocycles. The van der Waals surface area contributed by atoms with Gasteiger partial charge in [-0.3, -0.25) is 0 Å². The van der Waals surface area contributed by atoms with Gasteiger partial charge < -0.3 is 9.52 Å². The predicted octanol–water partition coefficient (Wildman–Crippen LogP) is 2.83. The lowest BCUT2D eigenvalue weighted by Crippen LogP contribution is -1.91. The number of rotatable bonds is 2. The molecule has 82 valence electrons. The summed E-state index contributed by atoms with van der Waals surface area (Å²) in [5.41, 5.74) is -0.0448. The number of carboxylic acid groups (broad SMARTS) is 1. The van der Waals surface area contributed by atoms with Crippen LogP contribution in [0.25, 0.3) is 11.5 Å². The molecule has 1 N–H and O–H groups in total. The Bertz CT molecular complexity index is 532. The number of carboxylic acids is 1. The zero-order valence-corrected chi connectivity index (χ0v) is 8.53. The molecule has 2 rings (SSSR count). The molecule has 0 bridgehead atoms. The fraction of sp³-hybridized carbons (Fsp3) is 0. The molecule has 1 aromatic heterocycles. The standard InChI is InChI=1S/C10H5ClFNO3/c11-5-2-1-3-6(12)8(5)9-13-4-7(16-9)10(14)15/h1-4H,(H,14,15). The Kier molecular flexibility index (Phi) is 2.62. The first-order valence-corrected chi connectivity index (χ1v) is 4.61. The summed E-state index contributed by atoms with van der Waals surface area (Å²) in [4.78, 5) is 14.2. The van der Waals surface area contributed by atoms with Gasteiger partial charge in [0.25, 0.3) is 0 Å². The Balaban J connectivity index is 2.54. The van der Waals surface area contributed by atoms with Crippen molar-refractivity contribution in [3.05, 3.63) is 41.0 Å². The first kappa shape index (κ1) is 10.6. The van der Waals surface area contributed by atoms with E-state index in [0.29, 0.717) is 0 Å². The van der Waals surface area contributed by atoms with Crippen LogP contribution in [0.4, 0.5) is 4.39 Å². The third kappa shape index (κ3) is 1.77. The summed E-state index contributed by atoms with van der Waals surface area (Å²) in [7, 11) is 0. The molecule has 0 radical (unpaired) electrons. The Hall–Kier alpha value is -1.88. The zero-order valence-electron chi connectivity index (χ0n) is 7.78. The number of halogens is 2. The second kappa shape index (κ2) is 3.94. The van der Waals surface area contributed by atoms with Crippen molar-refractivity contribution in [2.24, 2.45) is 0 Å². The molecule has 1 heterocycles. The van der Waals surface area contributed by atoms with Crippen LogP contribution in [0.15, 0.2) is 28.8 Å². The Morgan fingerprint density at radius 3 is 2.81 bits per heavy atom. The smallest absolute Gasteiger partial charge is 0.373 e. The van der Waals surface area contributed by atoms with Gasteiger partial charge in [0.15, 0.2) is 0 Å². The van der Waals surface area contributed by atoms with E-state index >= 15 is 0 Å². The van der Waals surface area contributed by atoms with Crippen LogP contribution >= 0.6 is 11.6 Å². The van der Waals surface area contributed by atoms with E-state index in [4.69, 9.17) is 21.1 Å². The maximum absolute atomic E-state index is 13.4. The van der Waals surface area contributed by atoms with Crippen molar-refractivity contribution in [3.8, 4) is 11.5 Å². The van der Waals surface area contributed by atoms with Gasteiger partial charge in [0.2, 0.25) is 11.7 Å². The summed E-state index contributed by atoms with van der Waals surface area (Å²) in [5, 5.41) is 8.73. The number of nitrogens with zero attached hydrogens (tertiary/aromatic N) is 1. The van der Waals surface area contributed by atoms with Crippen molar-refractivity contribution in [1.82, 2.24) is 4.98 Å². The number of carbonyl (C=O) groups is 1. The van der Waals surface area contributed by atoms with E-state index in [1.165, 1.54) is 18.2 Å². The number of hydrogen-bond acceptors (Lipinski definition) is 3. The maximum Gasteiger partial charge on any atom is 0.373 e. The van der Waals surface area contributed by atoms with Crippen LogP contribution in [0.5, 0.6) is 0 Å². The second-order valence-corrected chi connectivity index (χ2v) is 3.34. The van der Waals surface area contributed by atoms with E-state index in [1.807, 2.05) is 0 Å². The van der Waals surface area contributed by atoms with Crippen molar-refractivity contribution in [2.45, 2.75) is 0 Å². The highest BCUT2D eigenvalue weighted by molar-refractivity contribution is 6.33. The Morgan fingerprint density at radius 2 is 2.25 bits per heavy atom. The third-order valence-corrected chi connectivity index (χ3v) is 2.21. The largest absolute Gasteiger partial charge is 0.475 e. The minimum Gasteiger partial charge on any atom is -0.475 e. The van der Waals surface area contributed by atoms with Crippen molar-refractivity contribution >= 4 is 17.6 Å². The van der Waals surface area contributed by atoms with Gasteiger partial charge >= 0.3 is 5.97 Å². The van der Waals surface area contributed by atoms with Gasteiger partial charge in [0, 0.05) is 0 Å². The van der Waals surface area contributed by atoms with Gasteiger partial charge in [0.05, 0.1) is 16.8 Å². The van der Waals surface area contributed by atoms with E-state index < -0.39 is 11.8 Å². The van der Waals surface area contributed by atoms with Crippen molar-refractivity contribution in [3.63, 3.8) is 0 Å². The summed E-state index contributed by atoms with van der Waals surface area (Å²) in [6, 6.07) is 4.08. The lowest BCUT2D eigenvalue weighted by molar-refractivity contribution is 0.0663. The van der Waals surface area contributed by atoms with Gasteiger partial charge in [-0.2, -0.15) is 0 Å². The Morgan fingerprint density at radius 1 is 1.50 bits per heavy atom. The number of benzene rings is 1. The van der Waals surface area contributed by atoms with Crippen LogP contribution in [0, 0.1) is 5.82 Å². The molecule has 0 atom stereocenters. The molecule has 16 heavy (non-hydrogen) atoms. The first-order chi connectivity index (χ1) is 7.59. The molecule has 0 saturated heterocycles. The van der Waals surface area contributed by atoms with Crippen molar-refractivity contribution in [1.29, 1.82) is 0 Å². The van der Waals surface area contributed by atoms with Gasteiger partial charge in [-0.1, -0.05) is 17.7 Å². The fourth-order valence-electron chi connectivity index (χ4n) is 1.19. The highest BCUT2D eigenvalue weighted by atomic mass is 35.5. The number of aromatic carboxylic acids is 1. The normalized spacial score (nSPS) is 10.4. The minimum absolute atomic E-state index is 0.0448. The van der Waals surface area contributed by atoms with Crippen molar-refractivity contribution < 1.29 is 18.7 Å². The molecule has 2 aromatic rings. The van der Waals surface area contributed by atoms with Crippen LogP contribution in [-0.4, -0.2) is 16.1 Å². The van der Waals surface area contributed by atoms with E-state index in [2.05, 4.69) is 4.98 Å². The lowest BCUT2D eigenvalue weighted by Gasteiger charge is -2.00. The quantitative estimate of drug-likeness (QED) is 0.878. The summed E-state index contributed by atoms with van der Waals surface area (Å²) in [6.07, 6.45) is 1.00. The molecule has 1 aromatic carbocycles. The molecule has 0 spiro atoms. The first-order valence-electron chi connectivity index (χ1n) is 4.23. The average molecular weight is 242 g/mol. The number of oxazole rings is 1. The zero-order chi connectivity index (χ0) is 11.7. The number of hydrogen-bond donors (Lipinski definition) is 1. The molecule has 0 saturated carbocycles. The molecule has 0 amide bonds. The van der Waals surface area contributed by atoms with Gasteiger partial charge in [0.1, 0.15) is 5.82 Å². The van der Waals surface area contributed by atoms with Crippen LogP contribution in [0.3, 0.4) is 0 Å². The molecule has 6 heteroatoms. The highest BCUT2D eigenvalue weighted by Crippen LogP contribution is 2.29. The lowest BCUT2D eigenvalue weighted by atomic mass is 10.2. The maximum atomic E-state index is 13.4. The third-order valence-electron chi connectivity index (χ3n) is 1.89. The fourth-order valence-corrected chi connectivity index (χ4v) is 1.43. The van der Waals surface area contributed by atoms with Gasteiger partial charge in [-0.05, 0) is 12.1 Å². The molecular formula is C10H5ClFNO3. The van der Waals surface area contributed by atoms with Gasteiger partial charge in [-0.25, -0.2) is 14.2 Å². The van der Waals surface area contributed by atoms with Crippen LogP contribution in [0.2, 0.25) is 5.02 Å². The summed E-state index contributed by atoms with van der Waals surface area (Å²) in [6.45, 7) is 0. The molecule has 0 aliphatic carbocycles. The SMILES string of the molecule is O=C(O)c1cnc(-c2c(F)cccc2Cl)o1. The molecule has 0 aliphatic rings. The average Bonchev–Trinajstić information content (AvgIpc) is 2.66. The molecular weight excluding hydrogens is 237 g/mol. The predicted molar refractivity (Wildman–Crippen MR) is 53.9 cm³/mol. The summed E-state index contributed by atoms with van der Waals surface area (Å²) < 4.78 is 18.3. The van der Waals surface area contributed by atoms with E-state index in [1.54, 1.807) is 0 Å². The van der Waals surface area contributed by atoms with Crippen molar-refractivity contribution in [2.75, 3.05) is 0 Å². The van der Waals surface area contributed by atoms with Gasteiger partial charge in [-0.15, -0.1) is 0 Å². The topological polar surface area (TPSA) is 63.3 Å². The summed E-state index contributed by atoms with van der Waals surface area (Å²) in [5.74, 6) is -2.41. The van der Waals surface area contributed by atoms with Crippen LogP contribution in [-0.2, 0) is 0 Å².